The van der Waals surface area contributed by atoms with Crippen LogP contribution in [0.25, 0.3) is 5.76 Å². The molecule has 1 atom stereocenters. The van der Waals surface area contributed by atoms with E-state index >= 15 is 0 Å². The highest BCUT2D eigenvalue weighted by Crippen LogP contribution is 2.45. The standard InChI is InChI=1S/C25H19Cl2NO6/c1-33-17-9-5-15(6-10-17)28-21(13-3-7-16(29)8-4-13)20(23(31)25(28)32)22(30)18-11-14(26)12-19(27)24(18)34-2/h3-12,21,29-30H,1-2H3/b22-20+. The molecule has 1 saturated heterocycles. The summed E-state index contributed by atoms with van der Waals surface area (Å²) in [4.78, 5) is 27.7. The topological polar surface area (TPSA) is 96.3 Å². The molecule has 0 radical (unpaired) electrons. The second kappa shape index (κ2) is 9.29. The van der Waals surface area contributed by atoms with Gasteiger partial charge in [-0.2, -0.15) is 0 Å². The molecule has 1 heterocycles. The van der Waals surface area contributed by atoms with Crippen LogP contribution in [0.3, 0.4) is 0 Å². The molecule has 2 N–H and O–H groups in total. The molecule has 34 heavy (non-hydrogen) atoms. The van der Waals surface area contributed by atoms with Gasteiger partial charge in [-0.25, -0.2) is 0 Å². The van der Waals surface area contributed by atoms with Gasteiger partial charge in [0, 0.05) is 10.7 Å². The zero-order valence-corrected chi connectivity index (χ0v) is 19.6. The number of carbonyl (C=O) groups is 2. The molecule has 0 aliphatic carbocycles. The number of benzene rings is 3. The number of rotatable bonds is 5. The minimum absolute atomic E-state index is 0.00782. The van der Waals surface area contributed by atoms with E-state index in [1.807, 2.05) is 0 Å². The Morgan fingerprint density at radius 2 is 1.59 bits per heavy atom. The molecule has 1 unspecified atom stereocenters. The van der Waals surface area contributed by atoms with Crippen molar-refractivity contribution in [3.8, 4) is 17.2 Å². The van der Waals surface area contributed by atoms with Crippen LogP contribution in [0.5, 0.6) is 17.2 Å². The number of amides is 1. The summed E-state index contributed by atoms with van der Waals surface area (Å²) in [5.41, 5.74) is 0.789. The molecule has 7 nitrogen and oxygen atoms in total. The Bertz CT molecular complexity index is 1300. The van der Waals surface area contributed by atoms with Crippen molar-refractivity contribution >= 4 is 46.3 Å². The summed E-state index contributed by atoms with van der Waals surface area (Å²) in [7, 11) is 2.88. The number of methoxy groups -OCH3 is 2. The predicted molar refractivity (Wildman–Crippen MR) is 129 cm³/mol. The number of carbonyl (C=O) groups excluding carboxylic acids is 2. The predicted octanol–water partition coefficient (Wildman–Crippen LogP) is 5.34. The van der Waals surface area contributed by atoms with E-state index in [1.54, 1.807) is 36.4 Å². The first-order chi connectivity index (χ1) is 16.3. The van der Waals surface area contributed by atoms with E-state index in [2.05, 4.69) is 0 Å². The van der Waals surface area contributed by atoms with Crippen molar-refractivity contribution in [1.82, 2.24) is 0 Å². The number of aliphatic hydroxyl groups excluding tert-OH is 1. The molecule has 3 aromatic rings. The monoisotopic (exact) mass is 499 g/mol. The Labute approximate surface area is 205 Å². The number of anilines is 1. The van der Waals surface area contributed by atoms with Crippen LogP contribution in [0.4, 0.5) is 5.69 Å². The van der Waals surface area contributed by atoms with E-state index in [0.29, 0.717) is 17.0 Å². The van der Waals surface area contributed by atoms with Crippen molar-refractivity contribution < 1.29 is 29.3 Å². The lowest BCUT2D eigenvalue weighted by Gasteiger charge is -2.25. The van der Waals surface area contributed by atoms with Crippen LogP contribution < -0.4 is 14.4 Å². The average Bonchev–Trinajstić information content (AvgIpc) is 3.09. The van der Waals surface area contributed by atoms with E-state index in [0.717, 1.165) is 0 Å². The lowest BCUT2D eigenvalue weighted by atomic mass is 9.94. The van der Waals surface area contributed by atoms with Gasteiger partial charge in [-0.1, -0.05) is 35.3 Å². The molecule has 0 aromatic heterocycles. The van der Waals surface area contributed by atoms with Gasteiger partial charge in [-0.3, -0.25) is 14.5 Å². The van der Waals surface area contributed by atoms with E-state index in [1.165, 1.54) is 43.4 Å². The first-order valence-electron chi connectivity index (χ1n) is 10.0. The summed E-state index contributed by atoms with van der Waals surface area (Å²) in [5.74, 6) is -1.55. The van der Waals surface area contributed by atoms with Gasteiger partial charge in [-0.15, -0.1) is 0 Å². The average molecular weight is 500 g/mol. The number of hydrogen-bond donors (Lipinski definition) is 2. The van der Waals surface area contributed by atoms with Gasteiger partial charge in [-0.05, 0) is 54.1 Å². The fourth-order valence-corrected chi connectivity index (χ4v) is 4.47. The molecule has 3 aromatic carbocycles. The normalized spacial score (nSPS) is 17.2. The van der Waals surface area contributed by atoms with Crippen molar-refractivity contribution in [2.24, 2.45) is 0 Å². The second-order valence-corrected chi connectivity index (χ2v) is 8.27. The van der Waals surface area contributed by atoms with Crippen LogP contribution >= 0.6 is 23.2 Å². The molecule has 9 heteroatoms. The van der Waals surface area contributed by atoms with Gasteiger partial charge < -0.3 is 19.7 Å². The third-order valence-corrected chi connectivity index (χ3v) is 5.97. The minimum Gasteiger partial charge on any atom is -0.508 e. The number of halogens is 2. The maximum atomic E-state index is 13.3. The van der Waals surface area contributed by atoms with Crippen LogP contribution in [-0.2, 0) is 9.59 Å². The zero-order valence-electron chi connectivity index (χ0n) is 18.1. The second-order valence-electron chi connectivity index (χ2n) is 7.43. The van der Waals surface area contributed by atoms with Crippen molar-refractivity contribution in [3.63, 3.8) is 0 Å². The Morgan fingerprint density at radius 3 is 2.18 bits per heavy atom. The number of Topliss-reactive ketones (excluding diaryl/α,β-unsaturated/α-hetero) is 1. The zero-order chi connectivity index (χ0) is 24.6. The quantitative estimate of drug-likeness (QED) is 0.279. The minimum atomic E-state index is -1.00. The molecule has 1 fully saturated rings. The number of aliphatic hydroxyl groups is 1. The van der Waals surface area contributed by atoms with Crippen molar-refractivity contribution in [3.05, 3.63) is 87.4 Å². The van der Waals surface area contributed by atoms with Crippen molar-refractivity contribution in [2.75, 3.05) is 19.1 Å². The Morgan fingerprint density at radius 1 is 0.941 bits per heavy atom. The summed E-state index contributed by atoms with van der Waals surface area (Å²) in [6, 6.07) is 14.4. The third kappa shape index (κ3) is 4.04. The lowest BCUT2D eigenvalue weighted by molar-refractivity contribution is -0.132. The summed E-state index contributed by atoms with van der Waals surface area (Å²) >= 11 is 12.4. The highest BCUT2D eigenvalue weighted by Gasteiger charge is 2.47. The summed E-state index contributed by atoms with van der Waals surface area (Å²) in [6.45, 7) is 0. The number of ether oxygens (including phenoxy) is 2. The number of phenolic OH excluding ortho intramolecular Hbond substituents is 1. The smallest absolute Gasteiger partial charge is 0.300 e. The van der Waals surface area contributed by atoms with Gasteiger partial charge >= 0.3 is 0 Å². The van der Waals surface area contributed by atoms with Crippen LogP contribution in [0, 0.1) is 0 Å². The maximum absolute atomic E-state index is 13.3. The highest BCUT2D eigenvalue weighted by atomic mass is 35.5. The van der Waals surface area contributed by atoms with Gasteiger partial charge in [0.2, 0.25) is 0 Å². The number of ketones is 1. The van der Waals surface area contributed by atoms with Gasteiger partial charge in [0.15, 0.2) is 0 Å². The SMILES string of the molecule is COc1ccc(N2C(=O)C(=O)/C(=C(/O)c3cc(Cl)cc(Cl)c3OC)C2c2ccc(O)cc2)cc1. The maximum Gasteiger partial charge on any atom is 0.300 e. The third-order valence-electron chi connectivity index (χ3n) is 5.47. The van der Waals surface area contributed by atoms with Crippen LogP contribution in [0.2, 0.25) is 10.0 Å². The highest BCUT2D eigenvalue weighted by molar-refractivity contribution is 6.52. The Balaban J connectivity index is 1.98. The summed E-state index contributed by atoms with van der Waals surface area (Å²) in [5, 5.41) is 21.4. The number of nitrogens with zero attached hydrogens (tertiary/aromatic N) is 1. The first kappa shape index (κ1) is 23.5. The van der Waals surface area contributed by atoms with Gasteiger partial charge in [0.25, 0.3) is 11.7 Å². The molecule has 1 aliphatic rings. The number of hydrogen-bond acceptors (Lipinski definition) is 6. The molecule has 0 spiro atoms. The van der Waals surface area contributed by atoms with Gasteiger partial charge in [0.1, 0.15) is 23.0 Å². The lowest BCUT2D eigenvalue weighted by Crippen LogP contribution is -2.29. The molecule has 1 aliphatic heterocycles. The fourth-order valence-electron chi connectivity index (χ4n) is 3.90. The fraction of sp³-hybridized carbons (Fsp3) is 0.120. The first-order valence-corrected chi connectivity index (χ1v) is 10.8. The molecular formula is C25H19Cl2NO6. The molecule has 0 saturated carbocycles. The molecule has 1 amide bonds. The largest absolute Gasteiger partial charge is 0.508 e. The Hall–Kier alpha value is -3.68. The van der Waals surface area contributed by atoms with E-state index < -0.39 is 23.5 Å². The summed E-state index contributed by atoms with van der Waals surface area (Å²) in [6.07, 6.45) is 0. The molecular weight excluding hydrogens is 481 g/mol. The molecule has 174 valence electrons. The van der Waals surface area contributed by atoms with Crippen molar-refractivity contribution in [2.45, 2.75) is 6.04 Å². The van der Waals surface area contributed by atoms with Crippen LogP contribution in [-0.4, -0.2) is 36.1 Å². The van der Waals surface area contributed by atoms with Crippen LogP contribution in [0.15, 0.2) is 66.2 Å². The van der Waals surface area contributed by atoms with Gasteiger partial charge in [0.05, 0.1) is 36.4 Å². The number of aromatic hydroxyl groups is 1. The van der Waals surface area contributed by atoms with E-state index in [-0.39, 0.29) is 32.7 Å². The molecule has 4 rings (SSSR count). The van der Waals surface area contributed by atoms with Crippen LogP contribution in [0.1, 0.15) is 17.2 Å². The van der Waals surface area contributed by atoms with Crippen molar-refractivity contribution in [1.29, 1.82) is 0 Å². The van der Waals surface area contributed by atoms with E-state index in [9.17, 15) is 19.8 Å². The van der Waals surface area contributed by atoms with E-state index in [4.69, 9.17) is 32.7 Å². The molecule has 0 bridgehead atoms. The number of phenols is 1. The summed E-state index contributed by atoms with van der Waals surface area (Å²) < 4.78 is 10.5. The Kier molecular flexibility index (Phi) is 6.41.